The number of amides is 1. The van der Waals surface area contributed by atoms with Crippen LogP contribution in [0.15, 0.2) is 48.0 Å². The van der Waals surface area contributed by atoms with Crippen LogP contribution >= 0.6 is 0 Å². The summed E-state index contributed by atoms with van der Waals surface area (Å²) in [6, 6.07) is 11.3. The molecule has 1 unspecified atom stereocenters. The van der Waals surface area contributed by atoms with E-state index in [0.29, 0.717) is 67.9 Å². The molecule has 1 atom stereocenters. The van der Waals surface area contributed by atoms with Crippen LogP contribution in [0.1, 0.15) is 31.0 Å². The number of rotatable bonds is 10. The van der Waals surface area contributed by atoms with Crippen LogP contribution in [0.2, 0.25) is 0 Å². The third-order valence-corrected chi connectivity index (χ3v) is 6.54. The summed E-state index contributed by atoms with van der Waals surface area (Å²) in [5.41, 5.74) is 1.12. The molecule has 2 saturated heterocycles. The van der Waals surface area contributed by atoms with Gasteiger partial charge in [0, 0.05) is 31.7 Å². The molecule has 0 spiro atoms. The second-order valence-electron chi connectivity index (χ2n) is 8.75. The molecule has 0 bridgehead atoms. The van der Waals surface area contributed by atoms with Gasteiger partial charge in [-0.05, 0) is 55.8 Å². The minimum atomic E-state index is -0.780. The van der Waals surface area contributed by atoms with Gasteiger partial charge in [0.2, 0.25) is 0 Å². The van der Waals surface area contributed by atoms with Gasteiger partial charge in [-0.25, -0.2) is 0 Å². The van der Waals surface area contributed by atoms with Crippen molar-refractivity contribution in [2.75, 3.05) is 59.7 Å². The number of carbonyl (C=O) groups is 2. The summed E-state index contributed by atoms with van der Waals surface area (Å²) >= 11 is 0. The topological polar surface area (TPSA) is 97.8 Å². The Labute approximate surface area is 217 Å². The highest BCUT2D eigenvalue weighted by molar-refractivity contribution is 6.46. The van der Waals surface area contributed by atoms with Gasteiger partial charge in [0.25, 0.3) is 11.7 Å². The van der Waals surface area contributed by atoms with Crippen molar-refractivity contribution >= 4 is 17.4 Å². The second kappa shape index (κ2) is 12.1. The number of aliphatic hydroxyl groups is 1. The first kappa shape index (κ1) is 26.5. The summed E-state index contributed by atoms with van der Waals surface area (Å²) in [5.74, 6) is 0.112. The molecule has 9 nitrogen and oxygen atoms in total. The molecule has 1 amide bonds. The number of aliphatic hydroxyl groups excluding tert-OH is 1. The largest absolute Gasteiger partial charge is 0.507 e. The lowest BCUT2D eigenvalue weighted by Crippen LogP contribution is -2.42. The highest BCUT2D eigenvalue weighted by atomic mass is 16.5. The van der Waals surface area contributed by atoms with E-state index in [2.05, 4.69) is 4.90 Å². The van der Waals surface area contributed by atoms with Crippen LogP contribution < -0.4 is 14.2 Å². The summed E-state index contributed by atoms with van der Waals surface area (Å²) in [7, 11) is 1.54. The first-order chi connectivity index (χ1) is 18.0. The lowest BCUT2D eigenvalue weighted by Gasteiger charge is -2.31. The van der Waals surface area contributed by atoms with Crippen molar-refractivity contribution in [1.82, 2.24) is 9.80 Å². The third-order valence-electron chi connectivity index (χ3n) is 6.54. The van der Waals surface area contributed by atoms with Crippen molar-refractivity contribution in [3.63, 3.8) is 0 Å². The summed E-state index contributed by atoms with van der Waals surface area (Å²) in [5, 5.41) is 11.3. The third kappa shape index (κ3) is 5.73. The van der Waals surface area contributed by atoms with Crippen LogP contribution in [0.25, 0.3) is 5.76 Å². The van der Waals surface area contributed by atoms with Crippen molar-refractivity contribution in [3.8, 4) is 17.2 Å². The standard InChI is InChI=1S/C28H34N2O7/c1-4-36-21-9-6-19(7-10-21)26(31)24-25(20-8-11-22(37-5-2)23(18-20)34-3)30(28(33)27(24)32)13-12-29-14-16-35-17-15-29/h6-11,18,25,31H,4-5,12-17H2,1-3H3/b26-24-. The number of methoxy groups -OCH3 is 1. The fraction of sp³-hybridized carbons (Fsp3) is 0.429. The molecule has 2 aliphatic heterocycles. The van der Waals surface area contributed by atoms with Crippen LogP contribution in [0.3, 0.4) is 0 Å². The minimum Gasteiger partial charge on any atom is -0.507 e. The minimum absolute atomic E-state index is 0.0438. The van der Waals surface area contributed by atoms with E-state index >= 15 is 0 Å². The maximum Gasteiger partial charge on any atom is 0.295 e. The highest BCUT2D eigenvalue weighted by Gasteiger charge is 2.46. The predicted octanol–water partition coefficient (Wildman–Crippen LogP) is 3.25. The molecule has 0 aliphatic carbocycles. The SMILES string of the molecule is CCOc1ccc(/C(O)=C2/C(=O)C(=O)N(CCN3CCOCC3)C2c2ccc(OCC)c(OC)c2)cc1. The van der Waals surface area contributed by atoms with Crippen molar-refractivity contribution < 1.29 is 33.6 Å². The average molecular weight is 511 g/mol. The van der Waals surface area contributed by atoms with Gasteiger partial charge in [-0.2, -0.15) is 0 Å². The van der Waals surface area contributed by atoms with Crippen LogP contribution in [-0.2, 0) is 14.3 Å². The van der Waals surface area contributed by atoms with Crippen molar-refractivity contribution in [2.45, 2.75) is 19.9 Å². The van der Waals surface area contributed by atoms with Gasteiger partial charge >= 0.3 is 0 Å². The Morgan fingerprint density at radius 1 is 0.973 bits per heavy atom. The zero-order valence-electron chi connectivity index (χ0n) is 21.6. The van der Waals surface area contributed by atoms with E-state index in [0.717, 1.165) is 13.1 Å². The predicted molar refractivity (Wildman–Crippen MR) is 138 cm³/mol. The van der Waals surface area contributed by atoms with Gasteiger partial charge < -0.3 is 29.0 Å². The summed E-state index contributed by atoms with van der Waals surface area (Å²) in [6.45, 7) is 8.45. The molecule has 37 heavy (non-hydrogen) atoms. The van der Waals surface area contributed by atoms with E-state index in [1.54, 1.807) is 42.5 Å². The number of morpholine rings is 1. The number of carbonyl (C=O) groups excluding carboxylic acids is 2. The van der Waals surface area contributed by atoms with Crippen LogP contribution in [0.5, 0.6) is 17.2 Å². The monoisotopic (exact) mass is 510 g/mol. The van der Waals surface area contributed by atoms with Gasteiger partial charge in [-0.3, -0.25) is 14.5 Å². The molecule has 2 heterocycles. The zero-order chi connectivity index (χ0) is 26.4. The number of nitrogens with zero attached hydrogens (tertiary/aromatic N) is 2. The maximum atomic E-state index is 13.3. The Morgan fingerprint density at radius 3 is 2.32 bits per heavy atom. The molecule has 2 aromatic carbocycles. The normalized spacial score (nSPS) is 19.8. The van der Waals surface area contributed by atoms with Crippen molar-refractivity contribution in [2.24, 2.45) is 0 Å². The molecule has 198 valence electrons. The molecule has 9 heteroatoms. The second-order valence-corrected chi connectivity index (χ2v) is 8.75. The lowest BCUT2D eigenvalue weighted by atomic mass is 9.95. The van der Waals surface area contributed by atoms with E-state index < -0.39 is 17.7 Å². The fourth-order valence-corrected chi connectivity index (χ4v) is 4.69. The van der Waals surface area contributed by atoms with Gasteiger partial charge in [-0.15, -0.1) is 0 Å². The van der Waals surface area contributed by atoms with E-state index in [1.807, 2.05) is 13.8 Å². The first-order valence-electron chi connectivity index (χ1n) is 12.6. The lowest BCUT2D eigenvalue weighted by molar-refractivity contribution is -0.140. The number of Topliss-reactive ketones (excluding diaryl/α,β-unsaturated/α-hetero) is 1. The molecule has 4 rings (SSSR count). The van der Waals surface area contributed by atoms with Gasteiger partial charge in [0.1, 0.15) is 11.5 Å². The molecular formula is C28H34N2O7. The molecular weight excluding hydrogens is 476 g/mol. The average Bonchev–Trinajstić information content (AvgIpc) is 3.18. The van der Waals surface area contributed by atoms with E-state index in [4.69, 9.17) is 18.9 Å². The molecule has 0 aromatic heterocycles. The highest BCUT2D eigenvalue weighted by Crippen LogP contribution is 2.42. The number of hydrogen-bond donors (Lipinski definition) is 1. The van der Waals surface area contributed by atoms with E-state index in [1.165, 1.54) is 12.0 Å². The van der Waals surface area contributed by atoms with Crippen LogP contribution in [-0.4, -0.2) is 86.3 Å². The molecule has 0 radical (unpaired) electrons. The van der Waals surface area contributed by atoms with E-state index in [9.17, 15) is 14.7 Å². The van der Waals surface area contributed by atoms with Crippen LogP contribution in [0.4, 0.5) is 0 Å². The number of ketones is 1. The summed E-state index contributed by atoms with van der Waals surface area (Å²) in [6.07, 6.45) is 0. The Bertz CT molecular complexity index is 1140. The van der Waals surface area contributed by atoms with Gasteiger partial charge in [0.05, 0.1) is 45.2 Å². The molecule has 1 N–H and O–H groups in total. The zero-order valence-corrected chi connectivity index (χ0v) is 21.6. The Balaban J connectivity index is 1.75. The summed E-state index contributed by atoms with van der Waals surface area (Å²) < 4.78 is 22.1. The molecule has 2 aliphatic rings. The number of benzene rings is 2. The number of ether oxygens (including phenoxy) is 4. The molecule has 2 aromatic rings. The smallest absolute Gasteiger partial charge is 0.295 e. The van der Waals surface area contributed by atoms with Crippen molar-refractivity contribution in [1.29, 1.82) is 0 Å². The number of hydrogen-bond acceptors (Lipinski definition) is 8. The Kier molecular flexibility index (Phi) is 8.68. The number of likely N-dealkylation sites (tertiary alicyclic amines) is 1. The fourth-order valence-electron chi connectivity index (χ4n) is 4.69. The maximum absolute atomic E-state index is 13.3. The first-order valence-corrected chi connectivity index (χ1v) is 12.6. The summed E-state index contributed by atoms with van der Waals surface area (Å²) in [4.78, 5) is 30.4. The Morgan fingerprint density at radius 2 is 1.68 bits per heavy atom. The van der Waals surface area contributed by atoms with Crippen LogP contribution in [0, 0.1) is 0 Å². The van der Waals surface area contributed by atoms with E-state index in [-0.39, 0.29) is 11.3 Å². The molecule has 0 saturated carbocycles. The van der Waals surface area contributed by atoms with Gasteiger partial charge in [0.15, 0.2) is 11.5 Å². The quantitative estimate of drug-likeness (QED) is 0.296. The molecule has 2 fully saturated rings. The Hall–Kier alpha value is -3.56. The van der Waals surface area contributed by atoms with Crippen molar-refractivity contribution in [3.05, 3.63) is 59.2 Å². The van der Waals surface area contributed by atoms with Gasteiger partial charge in [-0.1, -0.05) is 6.07 Å².